The SMILES string of the molecule is Cc1c(/C=C/n2nnnc2CN2CCCCOC2)cccc1-c1ccccc1. The molecule has 0 atom stereocenters. The molecule has 2 aromatic carbocycles. The minimum Gasteiger partial charge on any atom is -0.366 e. The lowest BCUT2D eigenvalue weighted by Crippen LogP contribution is -2.26. The third-order valence-corrected chi connectivity index (χ3v) is 5.07. The normalized spacial score (nSPS) is 15.8. The van der Waals surface area contributed by atoms with E-state index in [0.29, 0.717) is 13.3 Å². The van der Waals surface area contributed by atoms with Gasteiger partial charge in [-0.3, -0.25) is 4.90 Å². The molecule has 0 spiro atoms. The highest BCUT2D eigenvalue weighted by atomic mass is 16.5. The fourth-order valence-corrected chi connectivity index (χ4v) is 3.47. The molecule has 0 aliphatic carbocycles. The van der Waals surface area contributed by atoms with Crippen LogP contribution in [0.3, 0.4) is 0 Å². The van der Waals surface area contributed by atoms with E-state index in [-0.39, 0.29) is 0 Å². The summed E-state index contributed by atoms with van der Waals surface area (Å²) in [5.41, 5.74) is 4.85. The van der Waals surface area contributed by atoms with Crippen molar-refractivity contribution in [2.24, 2.45) is 0 Å². The van der Waals surface area contributed by atoms with Gasteiger partial charge in [-0.05, 0) is 58.5 Å². The number of nitrogens with zero attached hydrogens (tertiary/aromatic N) is 5. The first-order valence-electron chi connectivity index (χ1n) is 9.71. The largest absolute Gasteiger partial charge is 0.366 e. The minimum absolute atomic E-state index is 0.634. The summed E-state index contributed by atoms with van der Waals surface area (Å²) in [4.78, 5) is 2.24. The molecule has 0 N–H and O–H groups in total. The molecule has 0 bridgehead atoms. The van der Waals surface area contributed by atoms with Gasteiger partial charge in [0.2, 0.25) is 0 Å². The Labute approximate surface area is 165 Å². The lowest BCUT2D eigenvalue weighted by atomic mass is 9.96. The van der Waals surface area contributed by atoms with Crippen LogP contribution in [0.1, 0.15) is 29.8 Å². The monoisotopic (exact) mass is 375 g/mol. The van der Waals surface area contributed by atoms with E-state index in [4.69, 9.17) is 4.74 Å². The Morgan fingerprint density at radius 1 is 1.07 bits per heavy atom. The van der Waals surface area contributed by atoms with Crippen molar-refractivity contribution in [3.8, 4) is 11.1 Å². The summed E-state index contributed by atoms with van der Waals surface area (Å²) < 4.78 is 7.38. The van der Waals surface area contributed by atoms with Gasteiger partial charge in [0.25, 0.3) is 0 Å². The molecule has 0 saturated carbocycles. The molecule has 4 rings (SSSR count). The Morgan fingerprint density at radius 2 is 1.96 bits per heavy atom. The number of benzene rings is 2. The number of tetrazole rings is 1. The van der Waals surface area contributed by atoms with E-state index in [9.17, 15) is 0 Å². The van der Waals surface area contributed by atoms with Crippen LogP contribution >= 0.6 is 0 Å². The van der Waals surface area contributed by atoms with Gasteiger partial charge in [-0.15, -0.1) is 5.10 Å². The van der Waals surface area contributed by atoms with Crippen LogP contribution in [0, 0.1) is 6.92 Å². The smallest absolute Gasteiger partial charge is 0.170 e. The van der Waals surface area contributed by atoms with Gasteiger partial charge < -0.3 is 4.74 Å². The van der Waals surface area contributed by atoms with Gasteiger partial charge in [0, 0.05) is 19.4 Å². The van der Waals surface area contributed by atoms with E-state index in [0.717, 1.165) is 37.4 Å². The Hall–Kier alpha value is -2.83. The lowest BCUT2D eigenvalue weighted by molar-refractivity contribution is 0.0439. The average Bonchev–Trinajstić information content (AvgIpc) is 3.00. The molecule has 28 heavy (non-hydrogen) atoms. The van der Waals surface area contributed by atoms with Gasteiger partial charge in [0.1, 0.15) is 0 Å². The zero-order chi connectivity index (χ0) is 19.2. The standard InChI is InChI=1S/C22H25N5O/c1-18-19(10-7-11-21(18)20-8-3-2-4-9-20)12-14-27-22(23-24-25-27)16-26-13-5-6-15-28-17-26/h2-4,7-12,14H,5-6,13,15-17H2,1H3/b14-12+. The van der Waals surface area contributed by atoms with Gasteiger partial charge in [0.15, 0.2) is 5.82 Å². The second kappa shape index (κ2) is 8.91. The van der Waals surface area contributed by atoms with Crippen LogP contribution in [0.25, 0.3) is 23.4 Å². The van der Waals surface area contributed by atoms with E-state index in [1.165, 1.54) is 16.7 Å². The lowest BCUT2D eigenvalue weighted by Gasteiger charge is -2.17. The molecule has 6 nitrogen and oxygen atoms in total. The molecular weight excluding hydrogens is 350 g/mol. The third kappa shape index (κ3) is 4.35. The average molecular weight is 375 g/mol. The van der Waals surface area contributed by atoms with Crippen LogP contribution in [0.15, 0.2) is 48.5 Å². The van der Waals surface area contributed by atoms with Gasteiger partial charge in [-0.2, -0.15) is 0 Å². The first-order valence-corrected chi connectivity index (χ1v) is 9.71. The zero-order valence-electron chi connectivity index (χ0n) is 16.2. The minimum atomic E-state index is 0.634. The number of rotatable bonds is 5. The van der Waals surface area contributed by atoms with Crippen molar-refractivity contribution < 1.29 is 4.74 Å². The van der Waals surface area contributed by atoms with E-state index < -0.39 is 0 Å². The predicted molar refractivity (Wildman–Crippen MR) is 110 cm³/mol. The molecule has 1 aromatic heterocycles. The Balaban J connectivity index is 1.53. The van der Waals surface area contributed by atoms with Crippen molar-refractivity contribution in [1.82, 2.24) is 25.1 Å². The molecule has 1 saturated heterocycles. The van der Waals surface area contributed by atoms with Crippen LogP contribution in [0.4, 0.5) is 0 Å². The Kier molecular flexibility index (Phi) is 5.89. The molecule has 3 aromatic rings. The highest BCUT2D eigenvalue weighted by Crippen LogP contribution is 2.26. The summed E-state index contributed by atoms with van der Waals surface area (Å²) in [7, 11) is 0. The van der Waals surface area contributed by atoms with Gasteiger partial charge >= 0.3 is 0 Å². The van der Waals surface area contributed by atoms with Gasteiger partial charge in [0.05, 0.1) is 13.3 Å². The number of hydrogen-bond acceptors (Lipinski definition) is 5. The molecule has 1 fully saturated rings. The van der Waals surface area contributed by atoms with Crippen molar-refractivity contribution in [1.29, 1.82) is 0 Å². The summed E-state index contributed by atoms with van der Waals surface area (Å²) in [6.07, 6.45) is 6.26. The van der Waals surface area contributed by atoms with Gasteiger partial charge in [-0.25, -0.2) is 4.68 Å². The maximum atomic E-state index is 5.63. The van der Waals surface area contributed by atoms with Crippen LogP contribution in [-0.4, -0.2) is 45.0 Å². The van der Waals surface area contributed by atoms with Crippen molar-refractivity contribution >= 4 is 12.3 Å². The fraction of sp³-hybridized carbons (Fsp3) is 0.318. The molecular formula is C22H25N5O. The molecule has 0 unspecified atom stereocenters. The molecule has 0 amide bonds. The highest BCUT2D eigenvalue weighted by molar-refractivity contribution is 5.74. The highest BCUT2D eigenvalue weighted by Gasteiger charge is 2.13. The summed E-state index contributed by atoms with van der Waals surface area (Å²) in [5.74, 6) is 0.818. The molecule has 144 valence electrons. The van der Waals surface area contributed by atoms with Crippen molar-refractivity contribution in [2.75, 3.05) is 19.9 Å². The topological polar surface area (TPSA) is 56.1 Å². The number of hydrogen-bond donors (Lipinski definition) is 0. The van der Waals surface area contributed by atoms with Crippen LogP contribution in [0.2, 0.25) is 0 Å². The maximum absolute atomic E-state index is 5.63. The third-order valence-electron chi connectivity index (χ3n) is 5.07. The second-order valence-electron chi connectivity index (χ2n) is 7.04. The van der Waals surface area contributed by atoms with E-state index in [1.807, 2.05) is 12.3 Å². The zero-order valence-corrected chi connectivity index (χ0v) is 16.2. The number of ether oxygens (including phenoxy) is 1. The molecule has 0 radical (unpaired) electrons. The van der Waals surface area contributed by atoms with Crippen molar-refractivity contribution in [2.45, 2.75) is 26.3 Å². The Morgan fingerprint density at radius 3 is 2.86 bits per heavy atom. The van der Waals surface area contributed by atoms with E-state index in [2.05, 4.69) is 75.9 Å². The second-order valence-corrected chi connectivity index (χ2v) is 7.04. The summed E-state index contributed by atoms with van der Waals surface area (Å²) in [6, 6.07) is 16.8. The Bertz CT molecular complexity index is 927. The van der Waals surface area contributed by atoms with Crippen LogP contribution < -0.4 is 0 Å². The van der Waals surface area contributed by atoms with E-state index in [1.54, 1.807) is 4.68 Å². The first kappa shape index (κ1) is 18.5. The van der Waals surface area contributed by atoms with Crippen molar-refractivity contribution in [3.63, 3.8) is 0 Å². The number of aromatic nitrogens is 4. The molecule has 2 heterocycles. The van der Waals surface area contributed by atoms with Crippen LogP contribution in [-0.2, 0) is 11.3 Å². The van der Waals surface area contributed by atoms with Gasteiger partial charge in [-0.1, -0.05) is 48.5 Å². The summed E-state index contributed by atoms with van der Waals surface area (Å²) in [6.45, 7) is 5.30. The quantitative estimate of drug-likeness (QED) is 0.678. The van der Waals surface area contributed by atoms with E-state index >= 15 is 0 Å². The summed E-state index contributed by atoms with van der Waals surface area (Å²) in [5, 5.41) is 12.2. The molecule has 1 aliphatic heterocycles. The molecule has 6 heteroatoms. The predicted octanol–water partition coefficient (Wildman–Crippen LogP) is 3.85. The summed E-state index contributed by atoms with van der Waals surface area (Å²) >= 11 is 0. The van der Waals surface area contributed by atoms with Crippen LogP contribution in [0.5, 0.6) is 0 Å². The maximum Gasteiger partial charge on any atom is 0.170 e. The first-order chi connectivity index (χ1) is 13.8. The fourth-order valence-electron chi connectivity index (χ4n) is 3.47. The van der Waals surface area contributed by atoms with Crippen molar-refractivity contribution in [3.05, 3.63) is 65.5 Å². The molecule has 1 aliphatic rings.